The van der Waals surface area contributed by atoms with Crippen LogP contribution in [0.1, 0.15) is 21.5 Å². The van der Waals surface area contributed by atoms with Crippen LogP contribution in [0.2, 0.25) is 0 Å². The average Bonchev–Trinajstić information content (AvgIpc) is 2.38. The summed E-state index contributed by atoms with van der Waals surface area (Å²) in [6.07, 6.45) is 0.389. The third kappa shape index (κ3) is 3.44. The summed E-state index contributed by atoms with van der Waals surface area (Å²) in [5, 5.41) is 0. The Bertz CT molecular complexity index is 605. The molecule has 0 aromatic heterocycles. The normalized spacial score (nSPS) is 10.3. The monoisotopic (exact) mass is 318 g/mol. The molecule has 2 nitrogen and oxygen atoms in total. The molecule has 0 bridgehead atoms. The number of ether oxygens (including phenoxy) is 1. The molecule has 0 unspecified atom stereocenters. The van der Waals surface area contributed by atoms with Crippen molar-refractivity contribution in [2.75, 3.05) is 7.11 Å². The van der Waals surface area contributed by atoms with Gasteiger partial charge in [-0.3, -0.25) is 4.79 Å². The third-order valence-corrected chi connectivity index (χ3v) is 3.40. The summed E-state index contributed by atoms with van der Waals surface area (Å²) in [5.41, 5.74) is 2.80. The molecule has 3 heteroatoms. The highest BCUT2D eigenvalue weighted by atomic mass is 79.9. The largest absolute Gasteiger partial charge is 0.496 e. The van der Waals surface area contributed by atoms with E-state index in [0.717, 1.165) is 15.6 Å². The molecule has 0 heterocycles. The van der Waals surface area contributed by atoms with Crippen molar-refractivity contribution in [2.45, 2.75) is 13.3 Å². The van der Waals surface area contributed by atoms with E-state index in [2.05, 4.69) is 15.9 Å². The van der Waals surface area contributed by atoms with Gasteiger partial charge in [0.25, 0.3) is 0 Å². The number of benzene rings is 2. The lowest BCUT2D eigenvalue weighted by molar-refractivity contribution is 0.0990. The minimum Gasteiger partial charge on any atom is -0.496 e. The Labute approximate surface area is 121 Å². The molecule has 2 aromatic rings. The van der Waals surface area contributed by atoms with Crippen molar-refractivity contribution in [3.63, 3.8) is 0 Å². The molecule has 0 aliphatic heterocycles. The van der Waals surface area contributed by atoms with Gasteiger partial charge in [-0.05, 0) is 30.7 Å². The van der Waals surface area contributed by atoms with Gasteiger partial charge in [0.2, 0.25) is 0 Å². The maximum Gasteiger partial charge on any atom is 0.170 e. The fourth-order valence-electron chi connectivity index (χ4n) is 2.00. The zero-order valence-electron chi connectivity index (χ0n) is 10.9. The fourth-order valence-corrected chi connectivity index (χ4v) is 2.34. The summed E-state index contributed by atoms with van der Waals surface area (Å²) in [7, 11) is 1.57. The second kappa shape index (κ2) is 6.02. The van der Waals surface area contributed by atoms with E-state index in [-0.39, 0.29) is 5.78 Å². The first-order chi connectivity index (χ1) is 9.10. The lowest BCUT2D eigenvalue weighted by atomic mass is 10.0. The van der Waals surface area contributed by atoms with Crippen molar-refractivity contribution in [3.8, 4) is 5.75 Å². The quantitative estimate of drug-likeness (QED) is 0.790. The molecule has 0 radical (unpaired) electrons. The van der Waals surface area contributed by atoms with Gasteiger partial charge in [0.05, 0.1) is 12.7 Å². The molecule has 0 spiro atoms. The van der Waals surface area contributed by atoms with E-state index >= 15 is 0 Å². The minimum atomic E-state index is 0.0648. The molecule has 2 aromatic carbocycles. The number of Topliss-reactive ketones (excluding diaryl/α,β-unsaturated/α-hetero) is 1. The molecule has 0 fully saturated rings. The summed E-state index contributed by atoms with van der Waals surface area (Å²) in [6.45, 7) is 2.02. The Hall–Kier alpha value is -1.61. The van der Waals surface area contributed by atoms with Crippen molar-refractivity contribution in [2.24, 2.45) is 0 Å². The first-order valence-corrected chi connectivity index (χ1v) is 6.81. The second-order valence-electron chi connectivity index (χ2n) is 4.43. The highest BCUT2D eigenvalue weighted by Gasteiger charge is 2.13. The van der Waals surface area contributed by atoms with Crippen LogP contribution in [0.4, 0.5) is 0 Å². The Morgan fingerprint density at radius 3 is 2.68 bits per heavy atom. The lowest BCUT2D eigenvalue weighted by Crippen LogP contribution is -2.06. The van der Waals surface area contributed by atoms with Crippen molar-refractivity contribution < 1.29 is 9.53 Å². The predicted molar refractivity (Wildman–Crippen MR) is 79.9 cm³/mol. The van der Waals surface area contributed by atoms with E-state index in [1.54, 1.807) is 13.2 Å². The highest BCUT2D eigenvalue weighted by Crippen LogP contribution is 2.24. The van der Waals surface area contributed by atoms with E-state index in [1.165, 1.54) is 0 Å². The van der Waals surface area contributed by atoms with Crippen LogP contribution in [0.15, 0.2) is 46.9 Å². The summed E-state index contributed by atoms with van der Waals surface area (Å²) in [4.78, 5) is 12.3. The third-order valence-electron chi connectivity index (χ3n) is 2.91. The number of ketones is 1. The summed E-state index contributed by atoms with van der Waals surface area (Å²) >= 11 is 3.37. The number of methoxy groups -OCH3 is 1. The maximum atomic E-state index is 12.3. The number of rotatable bonds is 4. The van der Waals surface area contributed by atoms with E-state index < -0.39 is 0 Å². The van der Waals surface area contributed by atoms with Crippen LogP contribution in [-0.4, -0.2) is 12.9 Å². The van der Waals surface area contributed by atoms with Gasteiger partial charge in [-0.2, -0.15) is 0 Å². The molecule has 0 aliphatic rings. The van der Waals surface area contributed by atoms with Gasteiger partial charge >= 0.3 is 0 Å². The van der Waals surface area contributed by atoms with Crippen LogP contribution >= 0.6 is 15.9 Å². The van der Waals surface area contributed by atoms with Crippen molar-refractivity contribution in [1.82, 2.24) is 0 Å². The van der Waals surface area contributed by atoms with Crippen LogP contribution in [0.3, 0.4) is 0 Å². The molecule has 0 atom stereocenters. The van der Waals surface area contributed by atoms with Gasteiger partial charge < -0.3 is 4.74 Å². The molecular weight excluding hydrogens is 304 g/mol. The molecular formula is C16H15BrO2. The van der Waals surface area contributed by atoms with Gasteiger partial charge in [0.1, 0.15) is 5.75 Å². The number of carbonyl (C=O) groups is 1. The molecule has 0 saturated carbocycles. The number of halogens is 1. The van der Waals surface area contributed by atoms with E-state index in [9.17, 15) is 4.79 Å². The molecule has 0 aliphatic carbocycles. The smallest absolute Gasteiger partial charge is 0.170 e. The van der Waals surface area contributed by atoms with E-state index in [4.69, 9.17) is 4.74 Å². The Morgan fingerprint density at radius 1 is 1.21 bits per heavy atom. The highest BCUT2D eigenvalue weighted by molar-refractivity contribution is 9.10. The standard InChI is InChI=1S/C16H15BrO2/c1-11-4-3-5-12(8-11)9-15(18)14-7-6-13(17)10-16(14)19-2/h3-8,10H,9H2,1-2H3. The first-order valence-electron chi connectivity index (χ1n) is 6.02. The van der Waals surface area contributed by atoms with Gasteiger partial charge in [0.15, 0.2) is 5.78 Å². The first kappa shape index (κ1) is 13.8. The summed E-state index contributed by atoms with van der Waals surface area (Å²) in [5.74, 6) is 0.668. The molecule has 2 rings (SSSR count). The summed E-state index contributed by atoms with van der Waals surface area (Å²) < 4.78 is 6.16. The SMILES string of the molecule is COc1cc(Br)ccc1C(=O)Cc1cccc(C)c1. The number of hydrogen-bond acceptors (Lipinski definition) is 2. The Kier molecular flexibility index (Phi) is 4.38. The molecule has 98 valence electrons. The number of carbonyl (C=O) groups excluding carboxylic acids is 1. The van der Waals surface area contributed by atoms with Crippen molar-refractivity contribution in [3.05, 3.63) is 63.6 Å². The molecule has 19 heavy (non-hydrogen) atoms. The van der Waals surface area contributed by atoms with Crippen molar-refractivity contribution in [1.29, 1.82) is 0 Å². The van der Waals surface area contributed by atoms with Crippen LogP contribution < -0.4 is 4.74 Å². The molecule has 0 saturated heterocycles. The van der Waals surface area contributed by atoms with Gasteiger partial charge in [-0.1, -0.05) is 45.8 Å². The van der Waals surface area contributed by atoms with Crippen LogP contribution in [0.25, 0.3) is 0 Å². The Morgan fingerprint density at radius 2 is 2.00 bits per heavy atom. The average molecular weight is 319 g/mol. The molecule has 0 N–H and O–H groups in total. The zero-order chi connectivity index (χ0) is 13.8. The van der Waals surface area contributed by atoms with E-state index in [0.29, 0.717) is 17.7 Å². The molecule has 0 amide bonds. The summed E-state index contributed by atoms with van der Waals surface area (Å²) in [6, 6.07) is 13.4. The number of hydrogen-bond donors (Lipinski definition) is 0. The minimum absolute atomic E-state index is 0.0648. The van der Waals surface area contributed by atoms with Crippen LogP contribution in [-0.2, 0) is 6.42 Å². The van der Waals surface area contributed by atoms with Gasteiger partial charge in [0, 0.05) is 10.9 Å². The fraction of sp³-hybridized carbons (Fsp3) is 0.188. The predicted octanol–water partition coefficient (Wildman–Crippen LogP) is 4.19. The topological polar surface area (TPSA) is 26.3 Å². The van der Waals surface area contributed by atoms with Crippen LogP contribution in [0, 0.1) is 6.92 Å². The zero-order valence-corrected chi connectivity index (χ0v) is 12.5. The van der Waals surface area contributed by atoms with E-state index in [1.807, 2.05) is 43.3 Å². The van der Waals surface area contributed by atoms with Crippen LogP contribution in [0.5, 0.6) is 5.75 Å². The lowest BCUT2D eigenvalue weighted by Gasteiger charge is -2.08. The van der Waals surface area contributed by atoms with Gasteiger partial charge in [-0.15, -0.1) is 0 Å². The van der Waals surface area contributed by atoms with Crippen molar-refractivity contribution >= 4 is 21.7 Å². The Balaban J connectivity index is 2.25. The van der Waals surface area contributed by atoms with Gasteiger partial charge in [-0.25, -0.2) is 0 Å². The maximum absolute atomic E-state index is 12.3. The number of aryl methyl sites for hydroxylation is 1. The second-order valence-corrected chi connectivity index (χ2v) is 5.35.